The van der Waals surface area contributed by atoms with Gasteiger partial charge < -0.3 is 29.0 Å². The van der Waals surface area contributed by atoms with Crippen molar-refractivity contribution in [2.24, 2.45) is 0 Å². The van der Waals surface area contributed by atoms with E-state index >= 15 is 0 Å². The number of nitrogens with one attached hydrogen (secondary N) is 2. The van der Waals surface area contributed by atoms with Crippen molar-refractivity contribution in [3.8, 4) is 11.1 Å². The number of hydrogen-bond donors (Lipinski definition) is 2. The van der Waals surface area contributed by atoms with E-state index in [-0.39, 0.29) is 30.7 Å². The first kappa shape index (κ1) is 28.9. The van der Waals surface area contributed by atoms with Crippen LogP contribution in [0.1, 0.15) is 50.4 Å². The van der Waals surface area contributed by atoms with Gasteiger partial charge in [0.2, 0.25) is 0 Å². The first-order valence-electron chi connectivity index (χ1n) is 14.6. The number of halogens is 1. The average molecular weight is 596 g/mol. The number of amides is 2. The van der Waals surface area contributed by atoms with E-state index in [9.17, 15) is 9.59 Å². The Kier molecular flexibility index (Phi) is 7.91. The van der Waals surface area contributed by atoms with Crippen LogP contribution >= 0.6 is 11.6 Å². The molecule has 0 saturated carbocycles. The predicted molar refractivity (Wildman–Crippen MR) is 159 cm³/mol. The molecule has 3 atom stereocenters. The first-order chi connectivity index (χ1) is 20.1. The van der Waals surface area contributed by atoms with Crippen molar-refractivity contribution in [2.45, 2.75) is 64.4 Å². The third-order valence-corrected chi connectivity index (χ3v) is 8.43. The van der Waals surface area contributed by atoms with E-state index < -0.39 is 11.6 Å². The zero-order chi connectivity index (χ0) is 29.6. The molecule has 224 valence electrons. The molecule has 2 saturated heterocycles. The normalized spacial score (nSPS) is 23.1. The van der Waals surface area contributed by atoms with Crippen molar-refractivity contribution >= 4 is 34.6 Å². The Hall–Kier alpha value is -3.18. The molecule has 0 aliphatic carbocycles. The quantitative estimate of drug-likeness (QED) is 0.431. The molecular weight excluding hydrogens is 558 g/mol. The second-order valence-corrected chi connectivity index (χ2v) is 12.8. The minimum absolute atomic E-state index is 0.0279. The molecule has 6 rings (SSSR count). The number of fused-ring (bicyclic) bond motifs is 2. The SMILES string of the molecule is C[C@H]1COCCN1C(=O)N1CCc2cc(-c3cnc4[nH]cc(Cl)c4c3)cc(C3COCC(C(=O)OC(C)(C)C)N3)c2C1. The summed E-state index contributed by atoms with van der Waals surface area (Å²) < 4.78 is 17.2. The van der Waals surface area contributed by atoms with Crippen molar-refractivity contribution in [3.63, 3.8) is 0 Å². The molecule has 2 unspecified atom stereocenters. The van der Waals surface area contributed by atoms with Gasteiger partial charge in [0.15, 0.2) is 0 Å². The van der Waals surface area contributed by atoms with E-state index in [2.05, 4.69) is 27.4 Å². The molecule has 0 bridgehead atoms. The van der Waals surface area contributed by atoms with Crippen LogP contribution in [0.4, 0.5) is 4.79 Å². The van der Waals surface area contributed by atoms with E-state index in [4.69, 9.17) is 25.8 Å². The van der Waals surface area contributed by atoms with Crippen LogP contribution in [0.15, 0.2) is 30.6 Å². The van der Waals surface area contributed by atoms with Crippen LogP contribution in [0.3, 0.4) is 0 Å². The third-order valence-electron chi connectivity index (χ3n) is 8.11. The summed E-state index contributed by atoms with van der Waals surface area (Å²) in [6.45, 7) is 11.0. The number of aromatic nitrogens is 2. The van der Waals surface area contributed by atoms with Gasteiger partial charge in [-0.3, -0.25) is 10.1 Å². The first-order valence-corrected chi connectivity index (χ1v) is 14.9. The molecule has 3 aliphatic heterocycles. The Bertz CT molecular complexity index is 1500. The van der Waals surface area contributed by atoms with Gasteiger partial charge >= 0.3 is 12.0 Å². The van der Waals surface area contributed by atoms with Crippen LogP contribution < -0.4 is 5.32 Å². The van der Waals surface area contributed by atoms with Crippen molar-refractivity contribution in [1.82, 2.24) is 25.1 Å². The molecule has 3 aliphatic rings. The minimum Gasteiger partial charge on any atom is -0.459 e. The fourth-order valence-electron chi connectivity index (χ4n) is 5.99. The number of benzene rings is 1. The van der Waals surface area contributed by atoms with Gasteiger partial charge in [-0.25, -0.2) is 9.78 Å². The van der Waals surface area contributed by atoms with Gasteiger partial charge in [-0.2, -0.15) is 0 Å². The maximum absolute atomic E-state index is 13.6. The number of carbonyl (C=O) groups excluding carboxylic acids is 2. The molecule has 2 fully saturated rings. The van der Waals surface area contributed by atoms with Crippen LogP contribution in [0.5, 0.6) is 0 Å². The maximum Gasteiger partial charge on any atom is 0.326 e. The van der Waals surface area contributed by atoms with Gasteiger partial charge in [-0.05, 0) is 68.5 Å². The summed E-state index contributed by atoms with van der Waals surface area (Å²) >= 11 is 6.42. The number of H-pyrrole nitrogens is 1. The van der Waals surface area contributed by atoms with Gasteiger partial charge in [-0.1, -0.05) is 17.7 Å². The summed E-state index contributed by atoms with van der Waals surface area (Å²) in [5, 5.41) is 4.97. The van der Waals surface area contributed by atoms with E-state index in [1.54, 1.807) is 6.20 Å². The highest BCUT2D eigenvalue weighted by atomic mass is 35.5. The Morgan fingerprint density at radius 1 is 1.10 bits per heavy atom. The number of aromatic amines is 1. The molecule has 2 aromatic heterocycles. The standard InChI is InChI=1S/C31H38ClN5O5/c1-18-15-40-8-7-37(18)30(39)36-6-5-19-9-20(21-11-23-25(32)13-34-28(23)33-12-21)10-22(24(19)14-36)26-16-41-17-27(35-26)29(38)42-31(2,3)4/h9-13,18,26-27,35H,5-8,14-17H2,1-4H3,(H,33,34)/t18-,26?,27?/m0/s1. The summed E-state index contributed by atoms with van der Waals surface area (Å²) in [5.41, 5.74) is 5.32. The highest BCUT2D eigenvalue weighted by molar-refractivity contribution is 6.35. The van der Waals surface area contributed by atoms with Gasteiger partial charge in [-0.15, -0.1) is 0 Å². The number of carbonyl (C=O) groups is 2. The highest BCUT2D eigenvalue weighted by Gasteiger charge is 2.35. The molecule has 2 amide bonds. The predicted octanol–water partition coefficient (Wildman–Crippen LogP) is 4.45. The molecule has 11 heteroatoms. The Morgan fingerprint density at radius 3 is 2.71 bits per heavy atom. The summed E-state index contributed by atoms with van der Waals surface area (Å²) in [6.07, 6.45) is 4.29. The van der Waals surface area contributed by atoms with Crippen LogP contribution in [0.25, 0.3) is 22.2 Å². The summed E-state index contributed by atoms with van der Waals surface area (Å²) in [7, 11) is 0. The van der Waals surface area contributed by atoms with Crippen molar-refractivity contribution in [1.29, 1.82) is 0 Å². The second-order valence-electron chi connectivity index (χ2n) is 12.4. The smallest absolute Gasteiger partial charge is 0.326 e. The molecule has 0 spiro atoms. The van der Waals surface area contributed by atoms with E-state index in [0.29, 0.717) is 50.9 Å². The number of morpholine rings is 2. The zero-order valence-corrected chi connectivity index (χ0v) is 25.3. The fraction of sp³-hybridized carbons (Fsp3) is 0.516. The number of nitrogens with zero attached hydrogens (tertiary/aromatic N) is 3. The Labute approximate surface area is 250 Å². The van der Waals surface area contributed by atoms with Crippen molar-refractivity contribution < 1.29 is 23.8 Å². The zero-order valence-electron chi connectivity index (χ0n) is 24.5. The summed E-state index contributed by atoms with van der Waals surface area (Å²) in [4.78, 5) is 38.1. The van der Waals surface area contributed by atoms with Crippen LogP contribution in [-0.2, 0) is 32.0 Å². The third kappa shape index (κ3) is 5.86. The lowest BCUT2D eigenvalue weighted by molar-refractivity contribution is -0.161. The maximum atomic E-state index is 13.6. The lowest BCUT2D eigenvalue weighted by Crippen LogP contribution is -2.53. The highest BCUT2D eigenvalue weighted by Crippen LogP contribution is 2.36. The number of hydrogen-bond acceptors (Lipinski definition) is 7. The van der Waals surface area contributed by atoms with Gasteiger partial charge in [0, 0.05) is 43.0 Å². The molecular formula is C31H38ClN5O5. The number of esters is 1. The van der Waals surface area contributed by atoms with E-state index in [1.165, 1.54) is 5.56 Å². The molecule has 10 nitrogen and oxygen atoms in total. The number of urea groups is 1. The second kappa shape index (κ2) is 11.5. The average Bonchev–Trinajstić information content (AvgIpc) is 3.35. The molecule has 42 heavy (non-hydrogen) atoms. The van der Waals surface area contributed by atoms with E-state index in [1.807, 2.05) is 49.8 Å². The lowest BCUT2D eigenvalue weighted by atomic mass is 9.87. The topological polar surface area (TPSA) is 109 Å². The van der Waals surface area contributed by atoms with Crippen molar-refractivity contribution in [3.05, 3.63) is 52.3 Å². The summed E-state index contributed by atoms with van der Waals surface area (Å²) in [6, 6.07) is 5.55. The van der Waals surface area contributed by atoms with Gasteiger partial charge in [0.1, 0.15) is 17.3 Å². The van der Waals surface area contributed by atoms with E-state index in [0.717, 1.165) is 33.3 Å². The molecule has 2 N–H and O–H groups in total. The van der Waals surface area contributed by atoms with Crippen LogP contribution in [-0.4, -0.2) is 89.0 Å². The largest absolute Gasteiger partial charge is 0.459 e. The van der Waals surface area contributed by atoms with Crippen molar-refractivity contribution in [2.75, 3.05) is 39.5 Å². The van der Waals surface area contributed by atoms with Gasteiger partial charge in [0.05, 0.1) is 43.5 Å². The number of pyridine rings is 1. The van der Waals surface area contributed by atoms with Crippen LogP contribution in [0.2, 0.25) is 5.02 Å². The van der Waals surface area contributed by atoms with Gasteiger partial charge in [0.25, 0.3) is 0 Å². The molecule has 5 heterocycles. The minimum atomic E-state index is -0.604. The fourth-order valence-corrected chi connectivity index (χ4v) is 6.19. The Morgan fingerprint density at radius 2 is 1.93 bits per heavy atom. The molecule has 1 aromatic carbocycles. The Balaban J connectivity index is 1.36. The molecule has 3 aromatic rings. The molecule has 0 radical (unpaired) electrons. The number of rotatable bonds is 3. The number of ether oxygens (including phenoxy) is 3. The van der Waals surface area contributed by atoms with Crippen LogP contribution in [0, 0.1) is 0 Å². The monoisotopic (exact) mass is 595 g/mol. The summed E-state index contributed by atoms with van der Waals surface area (Å²) in [5.74, 6) is -0.341. The lowest BCUT2D eigenvalue weighted by Gasteiger charge is -2.40.